The number of aliphatic carboxylic acids is 1. The fraction of sp³-hybridized carbons (Fsp3) is 0.571. The normalized spacial score (nSPS) is 10.5. The molecule has 1 heterocycles. The average molecular weight is 295 g/mol. The van der Waals surface area contributed by atoms with Gasteiger partial charge in [-0.2, -0.15) is 4.98 Å². The topological polar surface area (TPSA) is 92.5 Å². The van der Waals surface area contributed by atoms with E-state index in [-0.39, 0.29) is 25.3 Å². The van der Waals surface area contributed by atoms with Crippen LogP contribution in [0.25, 0.3) is 0 Å². The molecular weight excluding hydrogens is 274 g/mol. The van der Waals surface area contributed by atoms with Gasteiger partial charge in [-0.15, -0.1) is 0 Å². The van der Waals surface area contributed by atoms with Crippen LogP contribution in [0.5, 0.6) is 0 Å². The molecule has 0 unspecified atom stereocenters. The Morgan fingerprint density at radius 3 is 2.38 bits per heavy atom. The van der Waals surface area contributed by atoms with Crippen LogP contribution in [0, 0.1) is 13.8 Å². The molecule has 1 N–H and O–H groups in total. The van der Waals surface area contributed by atoms with Gasteiger partial charge in [-0.1, -0.05) is 0 Å². The molecule has 1 aromatic rings. The second-order valence-corrected chi connectivity index (χ2v) is 5.13. The molecule has 1 amide bonds. The van der Waals surface area contributed by atoms with Gasteiger partial charge in [0.1, 0.15) is 0 Å². The van der Waals surface area contributed by atoms with Crippen LogP contribution in [0.3, 0.4) is 0 Å². The number of aryl methyl sites for hydroxylation is 1. The highest BCUT2D eigenvalue weighted by atomic mass is 16.4. The number of aromatic nitrogens is 2. The molecule has 0 saturated heterocycles. The lowest BCUT2D eigenvalue weighted by molar-refractivity contribution is -0.137. The largest absolute Gasteiger partial charge is 0.481 e. The summed E-state index contributed by atoms with van der Waals surface area (Å²) in [5, 5.41) is 8.78. The standard InChI is InChI=1S/C14H21N3O4/c1-9-11(5-6-13(19)20)10(2)17(14(21)15-9)8-7-12(18)16(3)4/h5-8H2,1-4H3,(H,19,20). The van der Waals surface area contributed by atoms with E-state index in [2.05, 4.69) is 4.98 Å². The highest BCUT2D eigenvalue weighted by Crippen LogP contribution is 2.12. The van der Waals surface area contributed by atoms with Crippen molar-refractivity contribution in [1.82, 2.24) is 14.5 Å². The average Bonchev–Trinajstić information content (AvgIpc) is 2.36. The minimum Gasteiger partial charge on any atom is -0.481 e. The Labute approximate surface area is 123 Å². The highest BCUT2D eigenvalue weighted by Gasteiger charge is 2.14. The van der Waals surface area contributed by atoms with Crippen molar-refractivity contribution >= 4 is 11.9 Å². The summed E-state index contributed by atoms with van der Waals surface area (Å²) in [6.07, 6.45) is 0.511. The highest BCUT2D eigenvalue weighted by molar-refractivity contribution is 5.75. The van der Waals surface area contributed by atoms with E-state index in [1.54, 1.807) is 27.9 Å². The smallest absolute Gasteiger partial charge is 0.347 e. The van der Waals surface area contributed by atoms with Crippen molar-refractivity contribution in [3.05, 3.63) is 27.4 Å². The zero-order valence-electron chi connectivity index (χ0n) is 12.8. The Balaban J connectivity index is 3.03. The van der Waals surface area contributed by atoms with E-state index >= 15 is 0 Å². The quantitative estimate of drug-likeness (QED) is 0.817. The summed E-state index contributed by atoms with van der Waals surface area (Å²) in [5.41, 5.74) is 1.58. The van der Waals surface area contributed by atoms with Crippen LogP contribution in [0.15, 0.2) is 4.79 Å². The van der Waals surface area contributed by atoms with E-state index in [0.717, 1.165) is 5.56 Å². The van der Waals surface area contributed by atoms with Crippen molar-refractivity contribution in [2.24, 2.45) is 0 Å². The summed E-state index contributed by atoms with van der Waals surface area (Å²) in [7, 11) is 3.31. The maximum atomic E-state index is 11.9. The zero-order chi connectivity index (χ0) is 16.2. The van der Waals surface area contributed by atoms with Crippen molar-refractivity contribution in [2.75, 3.05) is 14.1 Å². The molecule has 0 aliphatic carbocycles. The van der Waals surface area contributed by atoms with Gasteiger partial charge in [0.15, 0.2) is 0 Å². The molecule has 7 nitrogen and oxygen atoms in total. The van der Waals surface area contributed by atoms with Gasteiger partial charge in [0.2, 0.25) is 5.91 Å². The Hall–Kier alpha value is -2.18. The lowest BCUT2D eigenvalue weighted by atomic mass is 10.1. The van der Waals surface area contributed by atoms with E-state index in [0.29, 0.717) is 17.8 Å². The first-order valence-corrected chi connectivity index (χ1v) is 6.73. The third-order valence-electron chi connectivity index (χ3n) is 3.41. The molecule has 0 aliphatic rings. The van der Waals surface area contributed by atoms with Crippen LogP contribution >= 0.6 is 0 Å². The predicted molar refractivity (Wildman–Crippen MR) is 77.2 cm³/mol. The van der Waals surface area contributed by atoms with E-state index in [9.17, 15) is 14.4 Å². The number of rotatable bonds is 6. The van der Waals surface area contributed by atoms with Gasteiger partial charge >= 0.3 is 11.7 Å². The lowest BCUT2D eigenvalue weighted by Gasteiger charge is -2.16. The molecule has 7 heteroatoms. The summed E-state index contributed by atoms with van der Waals surface area (Å²) < 4.78 is 1.44. The lowest BCUT2D eigenvalue weighted by Crippen LogP contribution is -2.31. The molecule has 0 radical (unpaired) electrons. The van der Waals surface area contributed by atoms with E-state index < -0.39 is 11.7 Å². The minimum absolute atomic E-state index is 0.0157. The SMILES string of the molecule is Cc1nc(=O)n(CCC(=O)N(C)C)c(C)c1CCC(=O)O. The summed E-state index contributed by atoms with van der Waals surface area (Å²) >= 11 is 0. The molecule has 21 heavy (non-hydrogen) atoms. The summed E-state index contributed by atoms with van der Waals surface area (Å²) in [6.45, 7) is 3.70. The molecular formula is C14H21N3O4. The first-order chi connectivity index (χ1) is 9.73. The van der Waals surface area contributed by atoms with E-state index in [1.807, 2.05) is 0 Å². The van der Waals surface area contributed by atoms with Crippen LogP contribution in [0.2, 0.25) is 0 Å². The van der Waals surface area contributed by atoms with Crippen molar-refractivity contribution < 1.29 is 14.7 Å². The second kappa shape index (κ2) is 7.01. The molecule has 0 fully saturated rings. The fourth-order valence-electron chi connectivity index (χ4n) is 2.13. The van der Waals surface area contributed by atoms with Gasteiger partial charge in [0.25, 0.3) is 0 Å². The van der Waals surface area contributed by atoms with Gasteiger partial charge in [0.05, 0.1) is 0 Å². The van der Waals surface area contributed by atoms with Crippen molar-refractivity contribution in [1.29, 1.82) is 0 Å². The Bertz CT molecular complexity index is 605. The number of carboxylic acids is 1. The minimum atomic E-state index is -0.894. The molecule has 0 aromatic carbocycles. The number of nitrogens with zero attached hydrogens (tertiary/aromatic N) is 3. The Kier molecular flexibility index (Phi) is 5.63. The first-order valence-electron chi connectivity index (χ1n) is 6.73. The molecule has 116 valence electrons. The fourth-order valence-corrected chi connectivity index (χ4v) is 2.13. The van der Waals surface area contributed by atoms with Crippen LogP contribution in [0.1, 0.15) is 29.8 Å². The summed E-state index contributed by atoms with van der Waals surface area (Å²) in [4.78, 5) is 39.7. The van der Waals surface area contributed by atoms with Crippen LogP contribution < -0.4 is 5.69 Å². The third kappa shape index (κ3) is 4.40. The summed E-state index contributed by atoms with van der Waals surface area (Å²) in [5.74, 6) is -0.969. The Morgan fingerprint density at radius 1 is 1.24 bits per heavy atom. The van der Waals surface area contributed by atoms with Crippen LogP contribution in [-0.4, -0.2) is 45.5 Å². The number of carbonyl (C=O) groups excluding carboxylic acids is 1. The molecule has 1 rings (SSSR count). The molecule has 0 aliphatic heterocycles. The molecule has 1 aromatic heterocycles. The van der Waals surface area contributed by atoms with Gasteiger partial charge < -0.3 is 10.0 Å². The predicted octanol–water partition coefficient (Wildman–Crippen LogP) is 0.356. The monoisotopic (exact) mass is 295 g/mol. The molecule has 0 atom stereocenters. The molecule has 0 saturated carbocycles. The number of carbonyl (C=O) groups is 2. The third-order valence-corrected chi connectivity index (χ3v) is 3.41. The number of hydrogen-bond acceptors (Lipinski definition) is 4. The van der Waals surface area contributed by atoms with Crippen molar-refractivity contribution in [3.8, 4) is 0 Å². The number of amides is 1. The number of carboxylic acid groups (broad SMARTS) is 1. The molecule has 0 bridgehead atoms. The van der Waals surface area contributed by atoms with Crippen LogP contribution in [0.4, 0.5) is 0 Å². The maximum absolute atomic E-state index is 11.9. The van der Waals surface area contributed by atoms with Gasteiger partial charge in [-0.3, -0.25) is 14.2 Å². The van der Waals surface area contributed by atoms with Gasteiger partial charge in [0, 0.05) is 44.9 Å². The van der Waals surface area contributed by atoms with Gasteiger partial charge in [-0.05, 0) is 25.8 Å². The van der Waals surface area contributed by atoms with Gasteiger partial charge in [-0.25, -0.2) is 4.79 Å². The van der Waals surface area contributed by atoms with Crippen molar-refractivity contribution in [2.45, 2.75) is 39.7 Å². The first kappa shape index (κ1) is 16.9. The molecule has 0 spiro atoms. The van der Waals surface area contributed by atoms with E-state index in [4.69, 9.17) is 5.11 Å². The summed E-state index contributed by atoms with van der Waals surface area (Å²) in [6, 6.07) is 0. The van der Waals surface area contributed by atoms with Crippen LogP contribution in [-0.2, 0) is 22.6 Å². The maximum Gasteiger partial charge on any atom is 0.347 e. The second-order valence-electron chi connectivity index (χ2n) is 5.13. The van der Waals surface area contributed by atoms with Crippen molar-refractivity contribution in [3.63, 3.8) is 0 Å². The zero-order valence-corrected chi connectivity index (χ0v) is 12.8. The number of hydrogen-bond donors (Lipinski definition) is 1. The van der Waals surface area contributed by atoms with E-state index in [1.165, 1.54) is 9.47 Å². The Morgan fingerprint density at radius 2 is 1.86 bits per heavy atom.